The number of hydrogen-bond donors (Lipinski definition) is 0. The molecule has 0 radical (unpaired) electrons. The Morgan fingerprint density at radius 2 is 1.82 bits per heavy atom. The summed E-state index contributed by atoms with van der Waals surface area (Å²) in [6.45, 7) is 0. The van der Waals surface area contributed by atoms with Gasteiger partial charge < -0.3 is 9.47 Å². The number of hydrogen-bond acceptors (Lipinski definition) is 5. The lowest BCUT2D eigenvalue weighted by Crippen LogP contribution is -2.03. The number of ether oxygens (including phenoxy) is 2. The van der Waals surface area contributed by atoms with Crippen molar-refractivity contribution in [3.05, 3.63) is 102 Å². The van der Waals surface area contributed by atoms with E-state index in [0.717, 1.165) is 11.1 Å². The van der Waals surface area contributed by atoms with Crippen molar-refractivity contribution in [3.63, 3.8) is 0 Å². The molecule has 28 heavy (non-hydrogen) atoms. The molecule has 0 aliphatic carbocycles. The Balaban J connectivity index is 1.48. The number of rotatable bonds is 4. The van der Waals surface area contributed by atoms with Gasteiger partial charge in [-0.15, -0.1) is 0 Å². The van der Waals surface area contributed by atoms with Gasteiger partial charge in [0, 0.05) is 24.5 Å². The number of ketones is 1. The summed E-state index contributed by atoms with van der Waals surface area (Å²) >= 11 is 0. The van der Waals surface area contributed by atoms with Gasteiger partial charge in [0.25, 0.3) is 0 Å². The zero-order valence-electron chi connectivity index (χ0n) is 14.7. The second-order valence-corrected chi connectivity index (χ2v) is 6.05. The SMILES string of the molecule is O=C(C=Cc1ccccc1)Oc1ccc2c(c1)OC(=Cc1cccnc1)C2=O. The van der Waals surface area contributed by atoms with Gasteiger partial charge in [0.1, 0.15) is 11.5 Å². The van der Waals surface area contributed by atoms with E-state index in [0.29, 0.717) is 17.1 Å². The van der Waals surface area contributed by atoms with Crippen molar-refractivity contribution >= 4 is 23.9 Å². The van der Waals surface area contributed by atoms with Crippen molar-refractivity contribution in [2.45, 2.75) is 0 Å². The van der Waals surface area contributed by atoms with Crippen LogP contribution in [-0.2, 0) is 4.79 Å². The standard InChI is InChI=1S/C23H15NO4/c25-22(11-8-16-5-2-1-3-6-16)27-18-9-10-19-20(14-18)28-21(23(19)26)13-17-7-4-12-24-15-17/h1-15H. The van der Waals surface area contributed by atoms with Crippen LogP contribution in [-0.4, -0.2) is 16.7 Å². The van der Waals surface area contributed by atoms with Crippen molar-refractivity contribution in [1.82, 2.24) is 4.98 Å². The summed E-state index contributed by atoms with van der Waals surface area (Å²) in [6, 6.07) is 17.7. The molecule has 5 nitrogen and oxygen atoms in total. The molecule has 2 aromatic carbocycles. The van der Waals surface area contributed by atoms with Gasteiger partial charge in [-0.1, -0.05) is 36.4 Å². The normalized spacial score (nSPS) is 14.1. The summed E-state index contributed by atoms with van der Waals surface area (Å²) in [6.07, 6.45) is 7.94. The predicted octanol–water partition coefficient (Wildman–Crippen LogP) is 4.32. The highest BCUT2D eigenvalue weighted by atomic mass is 16.5. The number of carbonyl (C=O) groups is 2. The molecule has 136 valence electrons. The minimum absolute atomic E-state index is 0.204. The molecule has 1 aromatic heterocycles. The molecule has 0 unspecified atom stereocenters. The van der Waals surface area contributed by atoms with E-state index in [4.69, 9.17) is 9.47 Å². The summed E-state index contributed by atoms with van der Waals surface area (Å²) < 4.78 is 11.0. The predicted molar refractivity (Wildman–Crippen MR) is 105 cm³/mol. The van der Waals surface area contributed by atoms with Crippen LogP contribution in [0.4, 0.5) is 0 Å². The lowest BCUT2D eigenvalue weighted by atomic mass is 10.1. The first-order chi connectivity index (χ1) is 13.7. The number of fused-ring (bicyclic) bond motifs is 1. The quantitative estimate of drug-likeness (QED) is 0.389. The zero-order valence-corrected chi connectivity index (χ0v) is 14.7. The van der Waals surface area contributed by atoms with Crippen LogP contribution in [0.3, 0.4) is 0 Å². The highest BCUT2D eigenvalue weighted by molar-refractivity contribution is 6.14. The zero-order chi connectivity index (χ0) is 19.3. The van der Waals surface area contributed by atoms with Crippen molar-refractivity contribution in [2.24, 2.45) is 0 Å². The van der Waals surface area contributed by atoms with Crippen LogP contribution < -0.4 is 9.47 Å². The Morgan fingerprint density at radius 3 is 2.61 bits per heavy atom. The molecule has 5 heteroatoms. The molecule has 1 aliphatic rings. The van der Waals surface area contributed by atoms with Gasteiger partial charge in [-0.05, 0) is 41.5 Å². The van der Waals surface area contributed by atoms with E-state index in [1.165, 1.54) is 12.1 Å². The molecule has 0 saturated carbocycles. The maximum atomic E-state index is 12.5. The average molecular weight is 369 g/mol. The first-order valence-electron chi connectivity index (χ1n) is 8.62. The third kappa shape index (κ3) is 3.88. The molecule has 2 heterocycles. The molecule has 0 amide bonds. The average Bonchev–Trinajstić information content (AvgIpc) is 3.03. The number of aromatic nitrogens is 1. The van der Waals surface area contributed by atoms with E-state index in [1.54, 1.807) is 42.7 Å². The van der Waals surface area contributed by atoms with Crippen LogP contribution >= 0.6 is 0 Å². The fourth-order valence-corrected chi connectivity index (χ4v) is 2.72. The molecule has 4 rings (SSSR count). The molecule has 0 bridgehead atoms. The Bertz CT molecular complexity index is 1090. The van der Waals surface area contributed by atoms with Gasteiger partial charge in [-0.2, -0.15) is 0 Å². The molecular formula is C23H15NO4. The van der Waals surface area contributed by atoms with Gasteiger partial charge in [0.05, 0.1) is 5.56 Å². The van der Waals surface area contributed by atoms with E-state index >= 15 is 0 Å². The number of carbonyl (C=O) groups excluding carboxylic acids is 2. The summed E-state index contributed by atoms with van der Waals surface area (Å²) in [5.74, 6) is 0.129. The number of Topliss-reactive ketones (excluding diaryl/α,β-unsaturated/α-hetero) is 1. The van der Waals surface area contributed by atoms with E-state index in [1.807, 2.05) is 36.4 Å². The van der Waals surface area contributed by atoms with Crippen LogP contribution in [0.5, 0.6) is 11.5 Å². The van der Waals surface area contributed by atoms with Gasteiger partial charge in [0.15, 0.2) is 5.76 Å². The Kier molecular flexibility index (Phi) is 4.80. The van der Waals surface area contributed by atoms with E-state index < -0.39 is 5.97 Å². The molecule has 3 aromatic rings. The van der Waals surface area contributed by atoms with Crippen LogP contribution in [0.15, 0.2) is 84.9 Å². The minimum Gasteiger partial charge on any atom is -0.452 e. The summed E-state index contributed by atoms with van der Waals surface area (Å²) in [5.41, 5.74) is 2.08. The molecular weight excluding hydrogens is 354 g/mol. The molecule has 0 saturated heterocycles. The highest BCUT2D eigenvalue weighted by Crippen LogP contribution is 2.34. The largest absolute Gasteiger partial charge is 0.452 e. The van der Waals surface area contributed by atoms with Gasteiger partial charge in [-0.25, -0.2) is 4.79 Å². The maximum absolute atomic E-state index is 12.5. The summed E-state index contributed by atoms with van der Waals surface area (Å²) in [5, 5.41) is 0. The van der Waals surface area contributed by atoms with Gasteiger partial charge in [0.2, 0.25) is 5.78 Å². The van der Waals surface area contributed by atoms with Crippen LogP contribution in [0.1, 0.15) is 21.5 Å². The van der Waals surface area contributed by atoms with Gasteiger partial charge in [-0.3, -0.25) is 9.78 Å². The van der Waals surface area contributed by atoms with E-state index in [9.17, 15) is 9.59 Å². The number of nitrogens with zero attached hydrogens (tertiary/aromatic N) is 1. The fraction of sp³-hybridized carbons (Fsp3) is 0. The molecule has 0 spiro atoms. The van der Waals surface area contributed by atoms with Crippen LogP contribution in [0, 0.1) is 0 Å². The topological polar surface area (TPSA) is 65.5 Å². The number of allylic oxidation sites excluding steroid dienone is 1. The van der Waals surface area contributed by atoms with Gasteiger partial charge >= 0.3 is 5.97 Å². The monoisotopic (exact) mass is 369 g/mol. The Labute approximate surface area is 161 Å². The lowest BCUT2D eigenvalue weighted by molar-refractivity contribution is -0.128. The Morgan fingerprint density at radius 1 is 1.00 bits per heavy atom. The number of esters is 1. The van der Waals surface area contributed by atoms with Crippen molar-refractivity contribution < 1.29 is 19.1 Å². The molecule has 0 atom stereocenters. The van der Waals surface area contributed by atoms with Crippen molar-refractivity contribution in [3.8, 4) is 11.5 Å². The number of pyridine rings is 1. The van der Waals surface area contributed by atoms with Crippen LogP contribution in [0.25, 0.3) is 12.2 Å². The third-order valence-electron chi connectivity index (χ3n) is 4.05. The maximum Gasteiger partial charge on any atom is 0.336 e. The van der Waals surface area contributed by atoms with Crippen molar-refractivity contribution in [2.75, 3.05) is 0 Å². The minimum atomic E-state index is -0.515. The molecule has 0 N–H and O–H groups in total. The third-order valence-corrected chi connectivity index (χ3v) is 4.05. The molecule has 0 fully saturated rings. The lowest BCUT2D eigenvalue weighted by Gasteiger charge is -2.03. The fourth-order valence-electron chi connectivity index (χ4n) is 2.72. The first-order valence-corrected chi connectivity index (χ1v) is 8.62. The molecule has 1 aliphatic heterocycles. The number of benzene rings is 2. The van der Waals surface area contributed by atoms with E-state index in [-0.39, 0.29) is 11.5 Å². The van der Waals surface area contributed by atoms with E-state index in [2.05, 4.69) is 4.98 Å². The first kappa shape index (κ1) is 17.4. The summed E-state index contributed by atoms with van der Waals surface area (Å²) in [7, 11) is 0. The second kappa shape index (κ2) is 7.72. The highest BCUT2D eigenvalue weighted by Gasteiger charge is 2.27. The van der Waals surface area contributed by atoms with Crippen molar-refractivity contribution in [1.29, 1.82) is 0 Å². The summed E-state index contributed by atoms with van der Waals surface area (Å²) in [4.78, 5) is 28.5. The second-order valence-electron chi connectivity index (χ2n) is 6.05. The van der Waals surface area contributed by atoms with Crippen LogP contribution in [0.2, 0.25) is 0 Å². The smallest absolute Gasteiger partial charge is 0.336 e. The Hall–Kier alpha value is -3.99.